The molecule has 0 amide bonds. The number of carbonyl (C=O) groups is 2. The van der Waals surface area contributed by atoms with Gasteiger partial charge in [-0.25, -0.2) is 4.79 Å². The van der Waals surface area contributed by atoms with Crippen LogP contribution in [0.4, 0.5) is 0 Å². The average molecular weight is 278 g/mol. The van der Waals surface area contributed by atoms with Gasteiger partial charge in [0.15, 0.2) is 0 Å². The highest BCUT2D eigenvalue weighted by Gasteiger charge is 2.49. The van der Waals surface area contributed by atoms with Crippen LogP contribution in [0.1, 0.15) is 26.2 Å². The van der Waals surface area contributed by atoms with E-state index in [4.69, 9.17) is 9.47 Å². The summed E-state index contributed by atoms with van der Waals surface area (Å²) in [6.07, 6.45) is 4.89. The fourth-order valence-electron chi connectivity index (χ4n) is 3.26. The minimum atomic E-state index is -0.408. The second-order valence-corrected chi connectivity index (χ2v) is 5.67. The molecule has 0 saturated carbocycles. The zero-order valence-corrected chi connectivity index (χ0v) is 11.4. The first-order valence-electron chi connectivity index (χ1n) is 7.01. The number of aliphatic hydroxyl groups is 1. The second-order valence-electron chi connectivity index (χ2n) is 5.67. The third kappa shape index (κ3) is 2.16. The van der Waals surface area contributed by atoms with Crippen molar-refractivity contribution in [3.63, 3.8) is 0 Å². The van der Waals surface area contributed by atoms with Crippen LogP contribution in [0.2, 0.25) is 0 Å². The van der Waals surface area contributed by atoms with Gasteiger partial charge in [0.05, 0.1) is 18.4 Å². The van der Waals surface area contributed by atoms with Gasteiger partial charge in [-0.15, -0.1) is 0 Å². The highest BCUT2D eigenvalue weighted by atomic mass is 16.6. The molecule has 2 aliphatic heterocycles. The zero-order chi connectivity index (χ0) is 14.3. The molecule has 3 aliphatic rings. The molecule has 108 valence electrons. The summed E-state index contributed by atoms with van der Waals surface area (Å²) in [4.78, 5) is 23.7. The first kappa shape index (κ1) is 13.4. The van der Waals surface area contributed by atoms with Crippen molar-refractivity contribution in [3.8, 4) is 0 Å². The molecule has 0 radical (unpaired) electrons. The van der Waals surface area contributed by atoms with Crippen LogP contribution in [0, 0.1) is 11.8 Å². The Morgan fingerprint density at radius 2 is 2.15 bits per heavy atom. The maximum absolute atomic E-state index is 11.8. The lowest BCUT2D eigenvalue weighted by Crippen LogP contribution is -2.31. The summed E-state index contributed by atoms with van der Waals surface area (Å²) in [6.45, 7) is 1.75. The first-order valence-corrected chi connectivity index (χ1v) is 7.01. The van der Waals surface area contributed by atoms with Crippen LogP contribution in [0.5, 0.6) is 0 Å². The van der Waals surface area contributed by atoms with E-state index in [1.165, 1.54) is 0 Å². The Morgan fingerprint density at radius 3 is 2.90 bits per heavy atom. The maximum atomic E-state index is 11.8. The maximum Gasteiger partial charge on any atom is 0.334 e. The van der Waals surface area contributed by atoms with E-state index >= 15 is 0 Å². The number of fused-ring (bicyclic) bond motifs is 4. The number of rotatable bonds is 1. The molecule has 2 saturated heterocycles. The molecule has 2 heterocycles. The molecule has 1 aliphatic carbocycles. The molecule has 5 nitrogen and oxygen atoms in total. The molecule has 0 spiro atoms. The third-order valence-electron chi connectivity index (χ3n) is 4.41. The van der Waals surface area contributed by atoms with E-state index in [1.54, 1.807) is 6.92 Å². The van der Waals surface area contributed by atoms with Gasteiger partial charge in [-0.3, -0.25) is 4.79 Å². The number of esters is 2. The number of carbonyl (C=O) groups excluding carboxylic acids is 2. The Morgan fingerprint density at radius 1 is 1.35 bits per heavy atom. The predicted octanol–water partition coefficient (Wildman–Crippen LogP) is 1.12. The van der Waals surface area contributed by atoms with E-state index in [-0.39, 0.29) is 36.5 Å². The van der Waals surface area contributed by atoms with Gasteiger partial charge in [0.25, 0.3) is 0 Å². The van der Waals surface area contributed by atoms with Crippen molar-refractivity contribution >= 4 is 11.9 Å². The van der Waals surface area contributed by atoms with Gasteiger partial charge in [-0.1, -0.05) is 13.0 Å². The lowest BCUT2D eigenvalue weighted by molar-refractivity contribution is -0.143. The van der Waals surface area contributed by atoms with Crippen LogP contribution < -0.4 is 0 Å². The minimum Gasteiger partial charge on any atom is -0.458 e. The van der Waals surface area contributed by atoms with Crippen LogP contribution in [-0.2, 0) is 19.1 Å². The van der Waals surface area contributed by atoms with Crippen molar-refractivity contribution in [1.29, 1.82) is 0 Å². The summed E-state index contributed by atoms with van der Waals surface area (Å²) < 4.78 is 10.8. The molecule has 20 heavy (non-hydrogen) atoms. The Hall–Kier alpha value is -1.62. The molecule has 0 unspecified atom stereocenters. The summed E-state index contributed by atoms with van der Waals surface area (Å²) >= 11 is 0. The quantitative estimate of drug-likeness (QED) is 0.575. The molecular weight excluding hydrogens is 260 g/mol. The van der Waals surface area contributed by atoms with Gasteiger partial charge in [-0.05, 0) is 24.5 Å². The Bertz CT molecular complexity index is 504. The minimum absolute atomic E-state index is 0.0577. The summed E-state index contributed by atoms with van der Waals surface area (Å²) in [7, 11) is 0. The second kappa shape index (κ2) is 5.05. The van der Waals surface area contributed by atoms with Gasteiger partial charge >= 0.3 is 11.9 Å². The van der Waals surface area contributed by atoms with Crippen molar-refractivity contribution in [2.45, 2.75) is 38.4 Å². The highest BCUT2D eigenvalue weighted by molar-refractivity contribution is 5.91. The highest BCUT2D eigenvalue weighted by Crippen LogP contribution is 2.39. The van der Waals surface area contributed by atoms with Crippen molar-refractivity contribution in [3.05, 3.63) is 23.3 Å². The normalized spacial score (nSPS) is 39.3. The van der Waals surface area contributed by atoms with E-state index in [0.717, 1.165) is 5.57 Å². The standard InChI is InChI=1S/C15H18O5/c1-8-13-11(19-14(8)17)5-9(7-16)3-2-4-10-6-12(13)20-15(10)18/h4-5,8,11-13,16H,2-3,6-7H2,1H3/b9-5+,10-4?/t8-,11+,12-,13-/m0/s1. The van der Waals surface area contributed by atoms with Gasteiger partial charge < -0.3 is 14.6 Å². The molecule has 2 fully saturated rings. The van der Waals surface area contributed by atoms with E-state index in [9.17, 15) is 14.7 Å². The van der Waals surface area contributed by atoms with Crippen LogP contribution in [0.3, 0.4) is 0 Å². The SMILES string of the molecule is C[C@@H]1C(=O)O[C@@H]2/C=C(/CO)CCC=C3C[C@H](OC3=O)[C@@H]12. The summed E-state index contributed by atoms with van der Waals surface area (Å²) in [5, 5.41) is 9.39. The van der Waals surface area contributed by atoms with Gasteiger partial charge in [-0.2, -0.15) is 0 Å². The number of allylic oxidation sites excluding steroid dienone is 1. The number of hydrogen-bond acceptors (Lipinski definition) is 5. The van der Waals surface area contributed by atoms with Gasteiger partial charge in [0.1, 0.15) is 12.2 Å². The molecule has 1 N–H and O–H groups in total. The summed E-state index contributed by atoms with van der Waals surface area (Å²) in [5.41, 5.74) is 1.52. The fourth-order valence-corrected chi connectivity index (χ4v) is 3.26. The van der Waals surface area contributed by atoms with E-state index in [2.05, 4.69) is 0 Å². The van der Waals surface area contributed by atoms with Crippen molar-refractivity contribution in [1.82, 2.24) is 0 Å². The van der Waals surface area contributed by atoms with E-state index < -0.39 is 6.10 Å². The molecule has 5 heteroatoms. The van der Waals surface area contributed by atoms with Crippen LogP contribution in [0.25, 0.3) is 0 Å². The largest absolute Gasteiger partial charge is 0.458 e. The predicted molar refractivity (Wildman–Crippen MR) is 69.5 cm³/mol. The Kier molecular flexibility index (Phi) is 3.38. The monoisotopic (exact) mass is 278 g/mol. The van der Waals surface area contributed by atoms with Gasteiger partial charge in [0.2, 0.25) is 0 Å². The Labute approximate surface area is 117 Å². The summed E-state index contributed by atoms with van der Waals surface area (Å²) in [5.74, 6) is -1.02. The van der Waals surface area contributed by atoms with E-state index in [0.29, 0.717) is 24.8 Å². The average Bonchev–Trinajstić information content (AvgIpc) is 2.90. The number of ether oxygens (including phenoxy) is 2. The van der Waals surface area contributed by atoms with Crippen molar-refractivity contribution in [2.24, 2.45) is 11.8 Å². The molecule has 0 aromatic rings. The van der Waals surface area contributed by atoms with E-state index in [1.807, 2.05) is 12.2 Å². The Balaban J connectivity index is 1.98. The first-order chi connectivity index (χ1) is 9.60. The smallest absolute Gasteiger partial charge is 0.334 e. The molecular formula is C15H18O5. The van der Waals surface area contributed by atoms with Gasteiger partial charge in [0, 0.05) is 12.0 Å². The number of aliphatic hydroxyl groups excluding tert-OH is 1. The van der Waals surface area contributed by atoms with Crippen LogP contribution in [0.15, 0.2) is 23.3 Å². The topological polar surface area (TPSA) is 72.8 Å². The van der Waals surface area contributed by atoms with Crippen LogP contribution in [-0.4, -0.2) is 35.9 Å². The number of hydrogen-bond donors (Lipinski definition) is 1. The zero-order valence-electron chi connectivity index (χ0n) is 11.4. The van der Waals surface area contributed by atoms with Crippen molar-refractivity contribution in [2.75, 3.05) is 6.61 Å². The molecule has 2 bridgehead atoms. The lowest BCUT2D eigenvalue weighted by Gasteiger charge is -2.23. The molecule has 0 aromatic heterocycles. The fraction of sp³-hybridized carbons (Fsp3) is 0.600. The van der Waals surface area contributed by atoms with Crippen LogP contribution >= 0.6 is 0 Å². The van der Waals surface area contributed by atoms with Crippen molar-refractivity contribution < 1.29 is 24.2 Å². The summed E-state index contributed by atoms with van der Waals surface area (Å²) in [6, 6.07) is 0. The third-order valence-corrected chi connectivity index (χ3v) is 4.41. The molecule has 4 atom stereocenters. The molecule has 3 rings (SSSR count). The molecule has 0 aromatic carbocycles. The lowest BCUT2D eigenvalue weighted by atomic mass is 9.83.